The van der Waals surface area contributed by atoms with Crippen molar-refractivity contribution in [2.24, 2.45) is 0 Å². The van der Waals surface area contributed by atoms with Gasteiger partial charge in [0, 0.05) is 25.8 Å². The van der Waals surface area contributed by atoms with Gasteiger partial charge in [-0.25, -0.2) is 13.4 Å². The van der Waals surface area contributed by atoms with Crippen molar-refractivity contribution in [2.75, 3.05) is 31.6 Å². The van der Waals surface area contributed by atoms with E-state index >= 15 is 0 Å². The zero-order valence-electron chi connectivity index (χ0n) is 12.6. The molecule has 21 heavy (non-hydrogen) atoms. The van der Waals surface area contributed by atoms with E-state index in [0.29, 0.717) is 25.4 Å². The SMILES string of the molecule is CCCNc1cccnc1S(=O)(=O)N1CCOC(CC)C1. The van der Waals surface area contributed by atoms with E-state index in [9.17, 15) is 8.42 Å². The summed E-state index contributed by atoms with van der Waals surface area (Å²) in [6, 6.07) is 3.50. The van der Waals surface area contributed by atoms with Crippen molar-refractivity contribution in [1.82, 2.24) is 9.29 Å². The number of ether oxygens (including phenoxy) is 1. The summed E-state index contributed by atoms with van der Waals surface area (Å²) in [4.78, 5) is 4.10. The number of hydrogen-bond acceptors (Lipinski definition) is 5. The van der Waals surface area contributed by atoms with Crippen LogP contribution in [-0.2, 0) is 14.8 Å². The number of nitrogens with one attached hydrogen (secondary N) is 1. The van der Waals surface area contributed by atoms with Crippen molar-refractivity contribution < 1.29 is 13.2 Å². The lowest BCUT2D eigenvalue weighted by Crippen LogP contribution is -2.45. The summed E-state index contributed by atoms with van der Waals surface area (Å²) >= 11 is 0. The van der Waals surface area contributed by atoms with Crippen molar-refractivity contribution >= 4 is 15.7 Å². The van der Waals surface area contributed by atoms with E-state index in [1.54, 1.807) is 12.1 Å². The Morgan fingerprint density at radius 3 is 3.00 bits per heavy atom. The molecule has 0 saturated carbocycles. The normalized spacial score (nSPS) is 20.4. The van der Waals surface area contributed by atoms with Gasteiger partial charge in [-0.3, -0.25) is 0 Å². The maximum atomic E-state index is 12.8. The Hall–Kier alpha value is -1.18. The third-order valence-electron chi connectivity index (χ3n) is 3.48. The molecule has 0 aromatic carbocycles. The molecule has 2 heterocycles. The Kier molecular flexibility index (Phi) is 5.55. The minimum Gasteiger partial charge on any atom is -0.383 e. The Morgan fingerprint density at radius 1 is 1.48 bits per heavy atom. The van der Waals surface area contributed by atoms with Crippen LogP contribution in [0.25, 0.3) is 0 Å². The molecule has 1 aliphatic rings. The van der Waals surface area contributed by atoms with Crippen molar-refractivity contribution in [3.8, 4) is 0 Å². The van der Waals surface area contributed by atoms with Gasteiger partial charge in [-0.15, -0.1) is 0 Å². The largest absolute Gasteiger partial charge is 0.383 e. The van der Waals surface area contributed by atoms with E-state index in [2.05, 4.69) is 10.3 Å². The third kappa shape index (κ3) is 3.72. The maximum Gasteiger partial charge on any atom is 0.262 e. The molecule has 0 bridgehead atoms. The van der Waals surface area contributed by atoms with Crippen LogP contribution in [0.15, 0.2) is 23.4 Å². The predicted molar refractivity (Wildman–Crippen MR) is 81.8 cm³/mol. The molecule has 2 rings (SSSR count). The summed E-state index contributed by atoms with van der Waals surface area (Å²) in [6.45, 7) is 5.95. The van der Waals surface area contributed by atoms with Crippen molar-refractivity contribution in [3.63, 3.8) is 0 Å². The molecular formula is C14H23N3O3S. The average molecular weight is 313 g/mol. The lowest BCUT2D eigenvalue weighted by Gasteiger charge is -2.31. The Labute approximate surface area is 126 Å². The number of hydrogen-bond donors (Lipinski definition) is 1. The summed E-state index contributed by atoms with van der Waals surface area (Å²) in [5, 5.41) is 3.24. The summed E-state index contributed by atoms with van der Waals surface area (Å²) in [7, 11) is -3.59. The zero-order chi connectivity index (χ0) is 15.3. The lowest BCUT2D eigenvalue weighted by atomic mass is 10.2. The summed E-state index contributed by atoms with van der Waals surface area (Å²) in [5.74, 6) is 0. The van der Waals surface area contributed by atoms with E-state index < -0.39 is 10.0 Å². The van der Waals surface area contributed by atoms with Crippen LogP contribution in [0, 0.1) is 0 Å². The topological polar surface area (TPSA) is 71.5 Å². The van der Waals surface area contributed by atoms with Crippen LogP contribution in [-0.4, -0.2) is 50.1 Å². The molecule has 0 radical (unpaired) electrons. The number of rotatable bonds is 6. The first-order chi connectivity index (χ1) is 10.1. The average Bonchev–Trinajstić information content (AvgIpc) is 2.53. The number of morpholine rings is 1. The van der Waals surface area contributed by atoms with Crippen LogP contribution in [0.2, 0.25) is 0 Å². The monoisotopic (exact) mass is 313 g/mol. The molecule has 118 valence electrons. The first-order valence-electron chi connectivity index (χ1n) is 7.40. The quantitative estimate of drug-likeness (QED) is 0.865. The Bertz CT molecular complexity index is 562. The van der Waals surface area contributed by atoms with E-state index in [1.165, 1.54) is 10.5 Å². The first-order valence-corrected chi connectivity index (χ1v) is 8.84. The third-order valence-corrected chi connectivity index (χ3v) is 5.30. The molecule has 1 aromatic heterocycles. The number of pyridine rings is 1. The van der Waals surface area contributed by atoms with Crippen LogP contribution < -0.4 is 5.32 Å². The van der Waals surface area contributed by atoms with Crippen molar-refractivity contribution in [1.29, 1.82) is 0 Å². The van der Waals surface area contributed by atoms with Gasteiger partial charge in [0.05, 0.1) is 18.4 Å². The minimum absolute atomic E-state index is 0.0377. The number of nitrogens with zero attached hydrogens (tertiary/aromatic N) is 2. The molecule has 1 unspecified atom stereocenters. The van der Waals surface area contributed by atoms with E-state index in [0.717, 1.165) is 19.4 Å². The van der Waals surface area contributed by atoms with Crippen molar-refractivity contribution in [2.45, 2.75) is 37.8 Å². The van der Waals surface area contributed by atoms with Gasteiger partial charge in [-0.1, -0.05) is 13.8 Å². The highest BCUT2D eigenvalue weighted by molar-refractivity contribution is 7.89. The standard InChI is InChI=1S/C14H23N3O3S/c1-3-7-15-13-6-5-8-16-14(13)21(18,19)17-9-10-20-12(4-2)11-17/h5-6,8,12,15H,3-4,7,9-11H2,1-2H3. The summed E-state index contributed by atoms with van der Waals surface area (Å²) in [5.41, 5.74) is 0.568. The highest BCUT2D eigenvalue weighted by atomic mass is 32.2. The van der Waals surface area contributed by atoms with Gasteiger partial charge in [-0.05, 0) is 25.0 Å². The molecule has 0 aliphatic carbocycles. The second-order valence-electron chi connectivity index (χ2n) is 5.05. The fourth-order valence-corrected chi connectivity index (χ4v) is 3.80. The van der Waals surface area contributed by atoms with Gasteiger partial charge < -0.3 is 10.1 Å². The Balaban J connectivity index is 2.26. The Morgan fingerprint density at radius 2 is 2.29 bits per heavy atom. The minimum atomic E-state index is -3.59. The smallest absolute Gasteiger partial charge is 0.262 e. The van der Waals surface area contributed by atoms with E-state index in [1.807, 2.05) is 13.8 Å². The molecule has 7 heteroatoms. The van der Waals surface area contributed by atoms with Crippen LogP contribution in [0.1, 0.15) is 26.7 Å². The van der Waals surface area contributed by atoms with Gasteiger partial charge in [0.2, 0.25) is 0 Å². The molecule has 1 aliphatic heterocycles. The molecule has 1 aromatic rings. The van der Waals surface area contributed by atoms with Gasteiger partial charge in [0.1, 0.15) is 0 Å². The van der Waals surface area contributed by atoms with Gasteiger partial charge in [0.25, 0.3) is 10.0 Å². The second-order valence-corrected chi connectivity index (χ2v) is 6.90. The highest BCUT2D eigenvalue weighted by Crippen LogP contribution is 2.24. The molecule has 6 nitrogen and oxygen atoms in total. The molecule has 1 saturated heterocycles. The van der Waals surface area contributed by atoms with E-state index in [-0.39, 0.29) is 11.1 Å². The molecule has 0 amide bonds. The highest BCUT2D eigenvalue weighted by Gasteiger charge is 2.32. The fraction of sp³-hybridized carbons (Fsp3) is 0.643. The van der Waals surface area contributed by atoms with Crippen molar-refractivity contribution in [3.05, 3.63) is 18.3 Å². The summed E-state index contributed by atoms with van der Waals surface area (Å²) in [6.07, 6.45) is 3.20. The fourth-order valence-electron chi connectivity index (χ4n) is 2.27. The summed E-state index contributed by atoms with van der Waals surface area (Å²) < 4.78 is 32.6. The molecular weight excluding hydrogens is 290 g/mol. The maximum absolute atomic E-state index is 12.8. The number of sulfonamides is 1. The second kappa shape index (κ2) is 7.20. The first kappa shape index (κ1) is 16.2. The number of aromatic nitrogens is 1. The number of anilines is 1. The van der Waals surface area contributed by atoms with Gasteiger partial charge in [-0.2, -0.15) is 4.31 Å². The molecule has 0 spiro atoms. The van der Waals surface area contributed by atoms with Gasteiger partial charge >= 0.3 is 0 Å². The predicted octanol–water partition coefficient (Wildman–Crippen LogP) is 1.70. The van der Waals surface area contributed by atoms with Crippen LogP contribution in [0.5, 0.6) is 0 Å². The van der Waals surface area contributed by atoms with Crippen LogP contribution in [0.3, 0.4) is 0 Å². The zero-order valence-corrected chi connectivity index (χ0v) is 13.4. The molecule has 1 atom stereocenters. The van der Waals surface area contributed by atoms with Gasteiger partial charge in [0.15, 0.2) is 5.03 Å². The molecule has 1 fully saturated rings. The van der Waals surface area contributed by atoms with E-state index in [4.69, 9.17) is 4.74 Å². The van der Waals surface area contributed by atoms with Crippen LogP contribution >= 0.6 is 0 Å². The lowest BCUT2D eigenvalue weighted by molar-refractivity contribution is -0.00283. The van der Waals surface area contributed by atoms with Crippen LogP contribution in [0.4, 0.5) is 5.69 Å². The molecule has 1 N–H and O–H groups in total.